The average Bonchev–Trinajstić information content (AvgIpc) is 2.32. The van der Waals surface area contributed by atoms with E-state index in [4.69, 9.17) is 15.3 Å². The highest BCUT2D eigenvalue weighted by atomic mass is 16.4. The van der Waals surface area contributed by atoms with Crippen LogP contribution in [-0.2, 0) is 4.79 Å². The molecule has 7 nitrogen and oxygen atoms in total. The lowest BCUT2D eigenvalue weighted by molar-refractivity contribution is -0.123. The first-order valence-corrected chi connectivity index (χ1v) is 5.07. The number of amides is 1. The number of hydrogen-bond acceptors (Lipinski definition) is 6. The summed E-state index contributed by atoms with van der Waals surface area (Å²) in [7, 11) is 0. The largest absolute Gasteiger partial charge is 0.394 e. The Hall–Kier alpha value is -0.990. The number of carbonyl (C=O) groups excluding carboxylic acids is 1. The van der Waals surface area contributed by atoms with Crippen molar-refractivity contribution in [3.8, 4) is 0 Å². The Labute approximate surface area is 99.0 Å². The Morgan fingerprint density at radius 2 is 1.71 bits per heavy atom. The lowest BCUT2D eigenvalue weighted by atomic mass is 10.0. The normalized spacial score (nSPS) is 18.0. The minimum absolute atomic E-state index is 0.174. The average molecular weight is 249 g/mol. The van der Waals surface area contributed by atoms with E-state index in [0.717, 1.165) is 0 Å². The maximum absolute atomic E-state index is 11.3. The van der Waals surface area contributed by atoms with Gasteiger partial charge in [0.15, 0.2) is 0 Å². The van der Waals surface area contributed by atoms with Crippen LogP contribution in [0.3, 0.4) is 0 Å². The second-order valence-electron chi connectivity index (χ2n) is 3.77. The minimum atomic E-state index is -1.68. The van der Waals surface area contributed by atoms with Gasteiger partial charge in [0.2, 0.25) is 5.91 Å². The van der Waals surface area contributed by atoms with Crippen LogP contribution >= 0.6 is 0 Å². The Kier molecular flexibility index (Phi) is 6.93. The number of hydrogen-bond donors (Lipinski definition) is 6. The molecule has 7 heteroatoms. The predicted octanol–water partition coefficient (Wildman–Crippen LogP) is -2.89. The van der Waals surface area contributed by atoms with Gasteiger partial charge in [0.05, 0.1) is 19.3 Å². The zero-order valence-corrected chi connectivity index (χ0v) is 9.58. The van der Waals surface area contributed by atoms with Crippen molar-refractivity contribution in [1.82, 2.24) is 5.32 Å². The molecule has 0 fully saturated rings. The zero-order valence-electron chi connectivity index (χ0n) is 9.58. The van der Waals surface area contributed by atoms with Crippen molar-refractivity contribution in [3.05, 3.63) is 12.2 Å². The van der Waals surface area contributed by atoms with Crippen LogP contribution in [0.4, 0.5) is 0 Å². The molecule has 0 heterocycles. The summed E-state index contributed by atoms with van der Waals surface area (Å²) in [5.41, 5.74) is 0.174. The van der Waals surface area contributed by atoms with Crippen molar-refractivity contribution in [2.45, 2.75) is 31.3 Å². The summed E-state index contributed by atoms with van der Waals surface area (Å²) in [5.74, 6) is -0.589. The quantitative estimate of drug-likeness (QED) is 0.269. The number of aliphatic hydroxyl groups is 5. The highest BCUT2D eigenvalue weighted by molar-refractivity contribution is 5.92. The fraction of sp³-hybridized carbons (Fsp3) is 0.700. The molecule has 1 amide bonds. The molecule has 6 N–H and O–H groups in total. The van der Waals surface area contributed by atoms with Gasteiger partial charge < -0.3 is 30.8 Å². The lowest BCUT2D eigenvalue weighted by Gasteiger charge is -2.28. The third kappa shape index (κ3) is 4.80. The van der Waals surface area contributed by atoms with E-state index in [-0.39, 0.29) is 5.57 Å². The van der Waals surface area contributed by atoms with Gasteiger partial charge in [0.1, 0.15) is 18.3 Å². The van der Waals surface area contributed by atoms with Crippen LogP contribution in [0.15, 0.2) is 12.2 Å². The fourth-order valence-electron chi connectivity index (χ4n) is 1.10. The van der Waals surface area contributed by atoms with Gasteiger partial charge in [-0.3, -0.25) is 4.79 Å². The zero-order chi connectivity index (χ0) is 13.6. The van der Waals surface area contributed by atoms with E-state index >= 15 is 0 Å². The third-order valence-corrected chi connectivity index (χ3v) is 2.24. The number of carbonyl (C=O) groups is 1. The Bertz CT molecular complexity index is 270. The molecule has 0 spiro atoms. The Balaban J connectivity index is 4.54. The van der Waals surface area contributed by atoms with Crippen LogP contribution in [0.2, 0.25) is 0 Å². The van der Waals surface area contributed by atoms with Gasteiger partial charge in [-0.15, -0.1) is 0 Å². The summed E-state index contributed by atoms with van der Waals surface area (Å²) in [6, 6.07) is -1.16. The third-order valence-electron chi connectivity index (χ3n) is 2.24. The molecule has 4 unspecified atom stereocenters. The van der Waals surface area contributed by atoms with Crippen LogP contribution in [-0.4, -0.2) is 69.0 Å². The topological polar surface area (TPSA) is 130 Å². The standard InChI is InChI=1S/C10H19NO6/c1-5(2)10(17)11-6(3-12)8(15)9(16)7(14)4-13/h6-9,12-16H,1,3-4H2,2H3,(H,11,17). The second kappa shape index (κ2) is 7.36. The van der Waals surface area contributed by atoms with Crippen molar-refractivity contribution in [1.29, 1.82) is 0 Å². The molecule has 0 bridgehead atoms. The molecule has 0 aromatic heterocycles. The monoisotopic (exact) mass is 249 g/mol. The van der Waals surface area contributed by atoms with Crippen LogP contribution in [0.25, 0.3) is 0 Å². The maximum atomic E-state index is 11.3. The van der Waals surface area contributed by atoms with E-state index in [2.05, 4.69) is 11.9 Å². The summed E-state index contributed by atoms with van der Waals surface area (Å²) < 4.78 is 0. The van der Waals surface area contributed by atoms with Crippen LogP contribution in [0.1, 0.15) is 6.92 Å². The molecule has 100 valence electrons. The molecule has 0 aliphatic heterocycles. The number of aliphatic hydroxyl groups excluding tert-OH is 5. The van der Waals surface area contributed by atoms with Gasteiger partial charge in [-0.1, -0.05) is 6.58 Å². The van der Waals surface area contributed by atoms with E-state index < -0.39 is 43.5 Å². The molecule has 0 saturated carbocycles. The fourth-order valence-corrected chi connectivity index (χ4v) is 1.10. The molecule has 0 rings (SSSR count). The SMILES string of the molecule is C=C(C)C(=O)NC(CO)C(O)C(O)C(O)CO. The van der Waals surface area contributed by atoms with Crippen molar-refractivity contribution in [2.75, 3.05) is 13.2 Å². The van der Waals surface area contributed by atoms with Crippen LogP contribution in [0, 0.1) is 0 Å². The Morgan fingerprint density at radius 3 is 2.06 bits per heavy atom. The summed E-state index contributed by atoms with van der Waals surface area (Å²) >= 11 is 0. The highest BCUT2D eigenvalue weighted by Crippen LogP contribution is 2.05. The molecule has 0 saturated heterocycles. The van der Waals surface area contributed by atoms with Crippen LogP contribution < -0.4 is 5.32 Å². The first-order chi connectivity index (χ1) is 7.84. The Morgan fingerprint density at radius 1 is 1.18 bits per heavy atom. The van der Waals surface area contributed by atoms with Gasteiger partial charge >= 0.3 is 0 Å². The van der Waals surface area contributed by atoms with E-state index in [0.29, 0.717) is 0 Å². The van der Waals surface area contributed by atoms with E-state index in [1.54, 1.807) is 0 Å². The highest BCUT2D eigenvalue weighted by Gasteiger charge is 2.31. The van der Waals surface area contributed by atoms with E-state index in [1.165, 1.54) is 6.92 Å². The molecular formula is C10H19NO6. The summed E-state index contributed by atoms with van der Waals surface area (Å²) in [6.07, 6.45) is -4.84. The van der Waals surface area contributed by atoms with Gasteiger partial charge in [0, 0.05) is 5.57 Å². The molecule has 0 aliphatic rings. The molecule has 17 heavy (non-hydrogen) atoms. The minimum Gasteiger partial charge on any atom is -0.394 e. The maximum Gasteiger partial charge on any atom is 0.246 e. The van der Waals surface area contributed by atoms with Crippen molar-refractivity contribution in [3.63, 3.8) is 0 Å². The lowest BCUT2D eigenvalue weighted by Crippen LogP contribution is -2.54. The summed E-state index contributed by atoms with van der Waals surface area (Å²) in [4.78, 5) is 11.3. The molecule has 0 radical (unpaired) electrons. The molecule has 4 atom stereocenters. The van der Waals surface area contributed by atoms with Crippen molar-refractivity contribution < 1.29 is 30.3 Å². The number of rotatable bonds is 7. The summed E-state index contributed by atoms with van der Waals surface area (Å²) in [6.45, 7) is 3.44. The second-order valence-corrected chi connectivity index (χ2v) is 3.77. The summed E-state index contributed by atoms with van der Waals surface area (Å²) in [5, 5.41) is 47.9. The first-order valence-electron chi connectivity index (χ1n) is 5.07. The molecule has 0 aromatic carbocycles. The van der Waals surface area contributed by atoms with Crippen molar-refractivity contribution >= 4 is 5.91 Å². The first kappa shape index (κ1) is 16.0. The smallest absolute Gasteiger partial charge is 0.246 e. The number of nitrogens with one attached hydrogen (secondary N) is 1. The van der Waals surface area contributed by atoms with Gasteiger partial charge in [-0.25, -0.2) is 0 Å². The van der Waals surface area contributed by atoms with Crippen LogP contribution in [0.5, 0.6) is 0 Å². The molecule has 0 aliphatic carbocycles. The predicted molar refractivity (Wildman–Crippen MR) is 58.9 cm³/mol. The molecular weight excluding hydrogens is 230 g/mol. The van der Waals surface area contributed by atoms with Gasteiger partial charge in [-0.2, -0.15) is 0 Å². The van der Waals surface area contributed by atoms with Gasteiger partial charge in [-0.05, 0) is 6.92 Å². The van der Waals surface area contributed by atoms with E-state index in [1.807, 2.05) is 0 Å². The van der Waals surface area contributed by atoms with Gasteiger partial charge in [0.25, 0.3) is 0 Å². The van der Waals surface area contributed by atoms with Crippen molar-refractivity contribution in [2.24, 2.45) is 0 Å². The van der Waals surface area contributed by atoms with E-state index in [9.17, 15) is 15.0 Å². The molecule has 0 aromatic rings.